The lowest BCUT2D eigenvalue weighted by atomic mass is 10.1. The molecular formula is C17H24N2O5. The first kappa shape index (κ1) is 19.5. The Morgan fingerprint density at radius 1 is 1.17 bits per heavy atom. The third-order valence-corrected chi connectivity index (χ3v) is 2.88. The molecule has 1 atom stereocenters. The molecule has 1 rings (SSSR count). The van der Waals surface area contributed by atoms with Gasteiger partial charge in [-0.25, -0.2) is 9.59 Å². The number of primary amides is 1. The molecule has 0 aliphatic heterocycles. The van der Waals surface area contributed by atoms with Gasteiger partial charge < -0.3 is 20.5 Å². The van der Waals surface area contributed by atoms with Crippen molar-refractivity contribution in [1.29, 1.82) is 0 Å². The van der Waals surface area contributed by atoms with E-state index in [0.29, 0.717) is 0 Å². The first-order chi connectivity index (χ1) is 11.2. The van der Waals surface area contributed by atoms with Crippen molar-refractivity contribution >= 4 is 18.0 Å². The number of esters is 1. The maximum absolute atomic E-state index is 12.2. The van der Waals surface area contributed by atoms with Crippen LogP contribution in [0.2, 0.25) is 0 Å². The van der Waals surface area contributed by atoms with Crippen molar-refractivity contribution in [3.8, 4) is 0 Å². The average molecular weight is 337 g/mol. The van der Waals surface area contributed by atoms with Crippen LogP contribution in [0, 0.1) is 0 Å². The maximum Gasteiger partial charge on any atom is 0.408 e. The quantitative estimate of drug-likeness (QED) is 0.583. The van der Waals surface area contributed by atoms with Gasteiger partial charge in [-0.2, -0.15) is 0 Å². The molecule has 0 aromatic heterocycles. The number of rotatable bonds is 7. The van der Waals surface area contributed by atoms with Crippen LogP contribution in [0.3, 0.4) is 0 Å². The molecule has 24 heavy (non-hydrogen) atoms. The number of benzene rings is 1. The molecule has 0 heterocycles. The van der Waals surface area contributed by atoms with Gasteiger partial charge in [0.25, 0.3) is 0 Å². The maximum atomic E-state index is 12.2. The molecule has 0 aliphatic carbocycles. The summed E-state index contributed by atoms with van der Waals surface area (Å²) in [5.41, 5.74) is 5.22. The first-order valence-corrected chi connectivity index (χ1v) is 7.66. The molecule has 7 nitrogen and oxygen atoms in total. The van der Waals surface area contributed by atoms with Gasteiger partial charge >= 0.3 is 12.1 Å². The Kier molecular flexibility index (Phi) is 7.23. The number of alkyl carbamates (subject to hydrolysis) is 1. The van der Waals surface area contributed by atoms with Crippen molar-refractivity contribution in [2.24, 2.45) is 5.73 Å². The highest BCUT2D eigenvalue weighted by Gasteiger charge is 2.25. The molecule has 0 saturated heterocycles. The van der Waals surface area contributed by atoms with E-state index in [1.54, 1.807) is 20.8 Å². The zero-order valence-corrected chi connectivity index (χ0v) is 14.2. The molecule has 0 unspecified atom stereocenters. The minimum Gasteiger partial charge on any atom is -0.459 e. The zero-order valence-electron chi connectivity index (χ0n) is 14.2. The Balaban J connectivity index is 2.64. The van der Waals surface area contributed by atoms with Gasteiger partial charge in [0.15, 0.2) is 0 Å². The average Bonchev–Trinajstić information content (AvgIpc) is 2.48. The number of hydrogen-bond acceptors (Lipinski definition) is 5. The first-order valence-electron chi connectivity index (χ1n) is 7.66. The molecule has 7 heteroatoms. The highest BCUT2D eigenvalue weighted by atomic mass is 16.6. The topological polar surface area (TPSA) is 108 Å². The number of amides is 2. The Labute approximate surface area is 141 Å². The monoisotopic (exact) mass is 337 g/mol. The summed E-state index contributed by atoms with van der Waals surface area (Å²) in [4.78, 5) is 35.0. The van der Waals surface area contributed by atoms with Crippen molar-refractivity contribution in [3.05, 3.63) is 35.9 Å². The summed E-state index contributed by atoms with van der Waals surface area (Å²) in [6, 6.07) is 8.13. The number of ether oxygens (including phenoxy) is 2. The van der Waals surface area contributed by atoms with E-state index in [1.807, 2.05) is 30.3 Å². The second-order valence-electron chi connectivity index (χ2n) is 6.30. The normalized spacial score (nSPS) is 12.1. The van der Waals surface area contributed by atoms with Gasteiger partial charge in [-0.1, -0.05) is 30.3 Å². The molecule has 2 amide bonds. The Bertz CT molecular complexity index is 566. The minimum atomic E-state index is -1.00. The molecule has 0 saturated carbocycles. The van der Waals surface area contributed by atoms with Crippen LogP contribution in [0.15, 0.2) is 30.3 Å². The van der Waals surface area contributed by atoms with E-state index in [-0.39, 0.29) is 19.4 Å². The predicted octanol–water partition coefficient (Wildman–Crippen LogP) is 1.89. The number of carbonyl (C=O) groups is 3. The summed E-state index contributed by atoms with van der Waals surface area (Å²) in [5, 5.41) is 2.42. The Morgan fingerprint density at radius 3 is 2.33 bits per heavy atom. The fraction of sp³-hybridized carbons (Fsp3) is 0.471. The third-order valence-electron chi connectivity index (χ3n) is 2.88. The summed E-state index contributed by atoms with van der Waals surface area (Å²) in [7, 11) is 0. The van der Waals surface area contributed by atoms with Crippen LogP contribution in [-0.2, 0) is 25.7 Å². The lowest BCUT2D eigenvalue weighted by Gasteiger charge is -2.22. The molecular weight excluding hydrogens is 313 g/mol. The van der Waals surface area contributed by atoms with Crippen molar-refractivity contribution < 1.29 is 23.9 Å². The summed E-state index contributed by atoms with van der Waals surface area (Å²) >= 11 is 0. The Hall–Kier alpha value is -2.57. The predicted molar refractivity (Wildman–Crippen MR) is 87.8 cm³/mol. The zero-order chi connectivity index (χ0) is 18.2. The summed E-state index contributed by atoms with van der Waals surface area (Å²) < 4.78 is 10.3. The van der Waals surface area contributed by atoms with Crippen LogP contribution < -0.4 is 11.1 Å². The van der Waals surface area contributed by atoms with E-state index in [2.05, 4.69) is 5.32 Å². The summed E-state index contributed by atoms with van der Waals surface area (Å²) in [6.07, 6.45) is -0.767. The molecule has 1 aromatic rings. The van der Waals surface area contributed by atoms with Gasteiger partial charge in [0.05, 0.1) is 0 Å². The molecule has 0 aliphatic rings. The van der Waals surface area contributed by atoms with Gasteiger partial charge in [0.2, 0.25) is 5.91 Å². The van der Waals surface area contributed by atoms with Gasteiger partial charge in [-0.15, -0.1) is 0 Å². The lowest BCUT2D eigenvalue weighted by molar-refractivity contribution is -0.147. The van der Waals surface area contributed by atoms with Crippen molar-refractivity contribution in [2.45, 2.75) is 51.9 Å². The van der Waals surface area contributed by atoms with E-state index in [0.717, 1.165) is 5.56 Å². The van der Waals surface area contributed by atoms with Crippen molar-refractivity contribution in [1.82, 2.24) is 5.32 Å². The van der Waals surface area contributed by atoms with E-state index in [9.17, 15) is 14.4 Å². The van der Waals surface area contributed by atoms with Gasteiger partial charge in [-0.05, 0) is 32.8 Å². The molecule has 132 valence electrons. The lowest BCUT2D eigenvalue weighted by Crippen LogP contribution is -2.44. The van der Waals surface area contributed by atoms with E-state index >= 15 is 0 Å². The van der Waals surface area contributed by atoms with Crippen LogP contribution >= 0.6 is 0 Å². The standard InChI is InChI=1S/C17H24N2O5/c1-17(2,3)24-16(22)19-13(9-10-14(18)20)15(21)23-11-12-7-5-4-6-8-12/h4-8,13H,9-11H2,1-3H3,(H2,18,20)(H,19,22)/t13-/m0/s1/i18+1. The SMILES string of the molecule is CC(C)(C)OC(=O)N[C@@H](CCC([15NH2])=O)C(=O)OCc1ccccc1. The molecule has 0 bridgehead atoms. The Morgan fingerprint density at radius 2 is 1.79 bits per heavy atom. The summed E-state index contributed by atoms with van der Waals surface area (Å²) in [5.74, 6) is -1.21. The minimum absolute atomic E-state index is 0.0438. The number of hydrogen-bond donors (Lipinski definition) is 2. The van der Waals surface area contributed by atoms with Crippen LogP contribution in [0.1, 0.15) is 39.2 Å². The van der Waals surface area contributed by atoms with Gasteiger partial charge in [0, 0.05) is 6.42 Å². The van der Waals surface area contributed by atoms with E-state index in [1.165, 1.54) is 0 Å². The fourth-order valence-electron chi connectivity index (χ4n) is 1.81. The highest BCUT2D eigenvalue weighted by molar-refractivity contribution is 5.82. The van der Waals surface area contributed by atoms with E-state index in [4.69, 9.17) is 15.2 Å². The van der Waals surface area contributed by atoms with Gasteiger partial charge in [0.1, 0.15) is 18.2 Å². The molecule has 0 radical (unpaired) electrons. The van der Waals surface area contributed by atoms with Crippen LogP contribution in [0.4, 0.5) is 4.79 Å². The second-order valence-corrected chi connectivity index (χ2v) is 6.30. The molecule has 1 aromatic carbocycles. The molecule has 0 fully saturated rings. The fourth-order valence-corrected chi connectivity index (χ4v) is 1.81. The van der Waals surface area contributed by atoms with Crippen molar-refractivity contribution in [3.63, 3.8) is 0 Å². The number of nitrogens with one attached hydrogen (secondary N) is 1. The smallest absolute Gasteiger partial charge is 0.408 e. The highest BCUT2D eigenvalue weighted by Crippen LogP contribution is 2.09. The molecule has 0 spiro atoms. The van der Waals surface area contributed by atoms with Crippen LogP contribution in [0.5, 0.6) is 0 Å². The summed E-state index contributed by atoms with van der Waals surface area (Å²) in [6.45, 7) is 5.19. The second kappa shape index (κ2) is 8.90. The molecule has 3 N–H and O–H groups in total. The van der Waals surface area contributed by atoms with Crippen LogP contribution in [-0.4, -0.2) is 29.6 Å². The third kappa shape index (κ3) is 8.17. The number of carbonyl (C=O) groups excluding carboxylic acids is 3. The van der Waals surface area contributed by atoms with Crippen molar-refractivity contribution in [2.75, 3.05) is 0 Å². The van der Waals surface area contributed by atoms with Gasteiger partial charge in [-0.3, -0.25) is 4.79 Å². The largest absolute Gasteiger partial charge is 0.459 e. The van der Waals surface area contributed by atoms with E-state index < -0.39 is 29.6 Å². The number of nitrogens with two attached hydrogens (primary N) is 1. The van der Waals surface area contributed by atoms with Crippen LogP contribution in [0.25, 0.3) is 0 Å².